The molecule has 0 aromatic heterocycles. The monoisotopic (exact) mass is 120 g/mol. The molecule has 0 amide bonds. The Labute approximate surface area is 48.9 Å². The van der Waals surface area contributed by atoms with E-state index < -0.39 is 6.10 Å². The van der Waals surface area contributed by atoms with E-state index in [2.05, 4.69) is 4.74 Å². The summed E-state index contributed by atoms with van der Waals surface area (Å²) in [5.74, 6) is 0. The Morgan fingerprint density at radius 1 is 1.62 bits per heavy atom. The number of aliphatic hydroxyl groups is 2. The summed E-state index contributed by atoms with van der Waals surface area (Å²) < 4.78 is 4.60. The molecule has 0 saturated carbocycles. The number of aliphatic hydroxyl groups excluding tert-OH is 2. The maximum absolute atomic E-state index is 8.76. The van der Waals surface area contributed by atoms with Crippen LogP contribution in [0.4, 0.5) is 0 Å². The van der Waals surface area contributed by atoms with E-state index in [1.165, 1.54) is 7.11 Å². The first-order valence-electron chi connectivity index (χ1n) is 2.59. The van der Waals surface area contributed by atoms with Gasteiger partial charge in [-0.05, 0) is 6.42 Å². The second-order valence-corrected chi connectivity index (χ2v) is 1.62. The molecule has 0 heterocycles. The van der Waals surface area contributed by atoms with E-state index >= 15 is 0 Å². The maximum Gasteiger partial charge on any atom is 0.0795 e. The first-order chi connectivity index (χ1) is 3.81. The van der Waals surface area contributed by atoms with E-state index in [1.807, 2.05) is 0 Å². The van der Waals surface area contributed by atoms with E-state index in [-0.39, 0.29) is 6.61 Å². The van der Waals surface area contributed by atoms with Crippen LogP contribution in [0.25, 0.3) is 0 Å². The third-order valence-electron chi connectivity index (χ3n) is 0.821. The molecule has 3 heteroatoms. The summed E-state index contributed by atoms with van der Waals surface area (Å²) in [6, 6.07) is 0. The van der Waals surface area contributed by atoms with E-state index in [4.69, 9.17) is 10.2 Å². The fraction of sp³-hybridized carbons (Fsp3) is 1.00. The van der Waals surface area contributed by atoms with Crippen molar-refractivity contribution >= 4 is 0 Å². The molecule has 0 aromatic carbocycles. The summed E-state index contributed by atoms with van der Waals surface area (Å²) in [5, 5.41) is 17.0. The summed E-state index contributed by atoms with van der Waals surface area (Å²) >= 11 is 0. The minimum absolute atomic E-state index is 0.0184. The van der Waals surface area contributed by atoms with Crippen LogP contribution in [0, 0.1) is 0 Å². The van der Waals surface area contributed by atoms with Crippen LogP contribution in [0.1, 0.15) is 6.42 Å². The van der Waals surface area contributed by atoms with Gasteiger partial charge in [-0.15, -0.1) is 0 Å². The van der Waals surface area contributed by atoms with Crippen LogP contribution >= 0.6 is 0 Å². The van der Waals surface area contributed by atoms with Crippen molar-refractivity contribution in [3.05, 3.63) is 0 Å². The highest BCUT2D eigenvalue weighted by molar-refractivity contribution is 4.49. The van der Waals surface area contributed by atoms with Gasteiger partial charge in [0.1, 0.15) is 0 Å². The van der Waals surface area contributed by atoms with Crippen molar-refractivity contribution in [3.8, 4) is 0 Å². The van der Waals surface area contributed by atoms with E-state index in [0.717, 1.165) is 0 Å². The Morgan fingerprint density at radius 2 is 2.25 bits per heavy atom. The van der Waals surface area contributed by atoms with Crippen LogP contribution in [-0.2, 0) is 4.74 Å². The molecule has 0 aliphatic rings. The predicted molar refractivity (Wildman–Crippen MR) is 29.6 cm³/mol. The van der Waals surface area contributed by atoms with Gasteiger partial charge in [-0.1, -0.05) is 0 Å². The molecule has 0 unspecified atom stereocenters. The molecule has 0 aromatic rings. The lowest BCUT2D eigenvalue weighted by atomic mass is 10.3. The summed E-state index contributed by atoms with van der Waals surface area (Å²) in [4.78, 5) is 0. The average Bonchev–Trinajstić information content (AvgIpc) is 1.68. The summed E-state index contributed by atoms with van der Waals surface area (Å²) in [7, 11) is 1.51. The fourth-order valence-electron chi connectivity index (χ4n) is 0.425. The summed E-state index contributed by atoms with van der Waals surface area (Å²) in [5.41, 5.74) is 0. The number of rotatable bonds is 4. The highest BCUT2D eigenvalue weighted by atomic mass is 16.5. The van der Waals surface area contributed by atoms with Gasteiger partial charge in [0.2, 0.25) is 0 Å². The SMILES string of the molecule is COC[C@H](O)CCO. The van der Waals surface area contributed by atoms with Gasteiger partial charge < -0.3 is 14.9 Å². The largest absolute Gasteiger partial charge is 0.396 e. The van der Waals surface area contributed by atoms with Gasteiger partial charge in [0.25, 0.3) is 0 Å². The Hall–Kier alpha value is -0.120. The molecule has 0 bridgehead atoms. The van der Waals surface area contributed by atoms with Gasteiger partial charge in [-0.25, -0.2) is 0 Å². The van der Waals surface area contributed by atoms with Crippen molar-refractivity contribution in [2.75, 3.05) is 20.3 Å². The first-order valence-corrected chi connectivity index (χ1v) is 2.59. The number of methoxy groups -OCH3 is 1. The molecule has 0 radical (unpaired) electrons. The smallest absolute Gasteiger partial charge is 0.0795 e. The molecular formula is C5H12O3. The maximum atomic E-state index is 8.76. The minimum Gasteiger partial charge on any atom is -0.396 e. The second kappa shape index (κ2) is 5.03. The van der Waals surface area contributed by atoms with Crippen molar-refractivity contribution in [3.63, 3.8) is 0 Å². The lowest BCUT2D eigenvalue weighted by Gasteiger charge is -2.04. The van der Waals surface area contributed by atoms with Crippen LogP contribution < -0.4 is 0 Å². The average molecular weight is 120 g/mol. The van der Waals surface area contributed by atoms with Crippen molar-refractivity contribution < 1.29 is 14.9 Å². The quantitative estimate of drug-likeness (QED) is 0.519. The van der Waals surface area contributed by atoms with Gasteiger partial charge in [0, 0.05) is 13.7 Å². The number of hydrogen-bond acceptors (Lipinski definition) is 3. The van der Waals surface area contributed by atoms with Crippen LogP contribution in [-0.4, -0.2) is 36.6 Å². The second-order valence-electron chi connectivity index (χ2n) is 1.62. The molecule has 3 nitrogen and oxygen atoms in total. The molecule has 0 saturated heterocycles. The number of hydrogen-bond donors (Lipinski definition) is 2. The number of ether oxygens (including phenoxy) is 1. The van der Waals surface area contributed by atoms with Gasteiger partial charge in [-0.3, -0.25) is 0 Å². The lowest BCUT2D eigenvalue weighted by molar-refractivity contribution is 0.0476. The van der Waals surface area contributed by atoms with Gasteiger partial charge in [0.15, 0.2) is 0 Å². The Morgan fingerprint density at radius 3 is 2.62 bits per heavy atom. The highest BCUT2D eigenvalue weighted by Gasteiger charge is 1.99. The first kappa shape index (κ1) is 7.88. The summed E-state index contributed by atoms with van der Waals surface area (Å²) in [6.45, 7) is 0.324. The van der Waals surface area contributed by atoms with Crippen LogP contribution in [0.3, 0.4) is 0 Å². The molecule has 1 atom stereocenters. The summed E-state index contributed by atoms with van der Waals surface area (Å²) in [6.07, 6.45) is -0.113. The lowest BCUT2D eigenvalue weighted by Crippen LogP contribution is -2.14. The predicted octanol–water partition coefficient (Wildman–Crippen LogP) is -0.624. The molecule has 50 valence electrons. The van der Waals surface area contributed by atoms with E-state index in [9.17, 15) is 0 Å². The molecular weight excluding hydrogens is 108 g/mol. The zero-order valence-corrected chi connectivity index (χ0v) is 5.00. The molecule has 2 N–H and O–H groups in total. The zero-order chi connectivity index (χ0) is 6.41. The zero-order valence-electron chi connectivity index (χ0n) is 5.00. The Bertz CT molecular complexity index is 40.9. The van der Waals surface area contributed by atoms with Gasteiger partial charge >= 0.3 is 0 Å². The fourth-order valence-corrected chi connectivity index (χ4v) is 0.425. The molecule has 0 aliphatic carbocycles. The van der Waals surface area contributed by atoms with Crippen LogP contribution in [0.5, 0.6) is 0 Å². The van der Waals surface area contributed by atoms with Gasteiger partial charge in [0.05, 0.1) is 12.7 Å². The van der Waals surface area contributed by atoms with Crippen molar-refractivity contribution in [1.82, 2.24) is 0 Å². The third kappa shape index (κ3) is 4.05. The molecule has 0 rings (SSSR count). The molecule has 8 heavy (non-hydrogen) atoms. The normalized spacial score (nSPS) is 13.9. The highest BCUT2D eigenvalue weighted by Crippen LogP contribution is 1.88. The molecule has 0 spiro atoms. The third-order valence-corrected chi connectivity index (χ3v) is 0.821. The molecule has 0 aliphatic heterocycles. The van der Waals surface area contributed by atoms with Crippen LogP contribution in [0.2, 0.25) is 0 Å². The molecule has 0 fully saturated rings. The van der Waals surface area contributed by atoms with E-state index in [1.54, 1.807) is 0 Å². The van der Waals surface area contributed by atoms with Gasteiger partial charge in [-0.2, -0.15) is 0 Å². The Balaban J connectivity index is 2.92. The van der Waals surface area contributed by atoms with Crippen LogP contribution in [0.15, 0.2) is 0 Å². The van der Waals surface area contributed by atoms with Crippen molar-refractivity contribution in [2.24, 2.45) is 0 Å². The topological polar surface area (TPSA) is 49.7 Å². The van der Waals surface area contributed by atoms with Crippen molar-refractivity contribution in [1.29, 1.82) is 0 Å². The van der Waals surface area contributed by atoms with E-state index in [0.29, 0.717) is 13.0 Å². The van der Waals surface area contributed by atoms with Crippen molar-refractivity contribution in [2.45, 2.75) is 12.5 Å². The Kier molecular flexibility index (Phi) is 4.95. The minimum atomic E-state index is -0.509. The standard InChI is InChI=1S/C5H12O3/c1-8-4-5(7)2-3-6/h5-7H,2-4H2,1H3/t5-/m1/s1.